The molecule has 2 N–H and O–H groups in total. The Morgan fingerprint density at radius 3 is 2.80 bits per heavy atom. The van der Waals surface area contributed by atoms with Crippen LogP contribution in [0.3, 0.4) is 0 Å². The number of rotatable bonds is 6. The molecule has 1 spiro atoms. The molecule has 0 aliphatic carbocycles. The first-order chi connectivity index (χ1) is 21.8. The highest BCUT2D eigenvalue weighted by molar-refractivity contribution is 6.16. The maximum Gasteiger partial charge on any atom is 0.318 e. The van der Waals surface area contributed by atoms with Gasteiger partial charge in [-0.25, -0.2) is 8.78 Å². The fourth-order valence-electron chi connectivity index (χ4n) is 8.86. The van der Waals surface area contributed by atoms with Gasteiger partial charge in [-0.15, -0.1) is 0 Å². The first-order valence-electron chi connectivity index (χ1n) is 16.5. The molecule has 5 aliphatic rings. The summed E-state index contributed by atoms with van der Waals surface area (Å²) < 4.78 is 35.9. The van der Waals surface area contributed by atoms with E-state index in [2.05, 4.69) is 15.1 Å². The van der Waals surface area contributed by atoms with Gasteiger partial charge in [0.2, 0.25) is 0 Å². The van der Waals surface area contributed by atoms with Gasteiger partial charge in [-0.3, -0.25) is 9.69 Å². The molecule has 1 aromatic heterocycles. The van der Waals surface area contributed by atoms with Gasteiger partial charge in [-0.2, -0.15) is 9.97 Å². The lowest BCUT2D eigenvalue weighted by Crippen LogP contribution is -2.54. The molecule has 45 heavy (non-hydrogen) atoms. The summed E-state index contributed by atoms with van der Waals surface area (Å²) in [5.74, 6) is -0.0704. The number of halogens is 2. The normalized spacial score (nSPS) is 28.1. The molecule has 11 heteroatoms. The second kappa shape index (κ2) is 10.8. The smallest absolute Gasteiger partial charge is 0.318 e. The molecular formula is C34H40F2N6O3. The minimum atomic E-state index is -0.866. The van der Waals surface area contributed by atoms with Gasteiger partial charge < -0.3 is 25.0 Å². The molecule has 4 fully saturated rings. The van der Waals surface area contributed by atoms with Crippen LogP contribution in [-0.4, -0.2) is 82.5 Å². The molecule has 2 aromatic carbocycles. The molecule has 6 heterocycles. The number of nitrogens with one attached hydrogen (secondary N) is 1. The zero-order valence-corrected chi connectivity index (χ0v) is 25.7. The highest BCUT2D eigenvalue weighted by atomic mass is 19.1. The van der Waals surface area contributed by atoms with Gasteiger partial charge in [-0.1, -0.05) is 13.0 Å². The van der Waals surface area contributed by atoms with Gasteiger partial charge in [0.1, 0.15) is 35.7 Å². The maximum atomic E-state index is 15.0. The number of alkyl halides is 1. The average Bonchev–Trinajstić information content (AvgIpc) is 3.78. The summed E-state index contributed by atoms with van der Waals surface area (Å²) in [6.45, 7) is 6.07. The molecule has 5 aliphatic heterocycles. The third kappa shape index (κ3) is 4.72. The number of phenolic OH excluding ortho intramolecular Hbond substituents is 1. The van der Waals surface area contributed by atoms with Crippen molar-refractivity contribution >= 4 is 28.2 Å². The zero-order valence-electron chi connectivity index (χ0n) is 25.7. The first-order valence-corrected chi connectivity index (χ1v) is 16.5. The van der Waals surface area contributed by atoms with Crippen molar-refractivity contribution in [1.29, 1.82) is 0 Å². The largest absolute Gasteiger partial charge is 0.508 e. The van der Waals surface area contributed by atoms with Crippen molar-refractivity contribution in [1.82, 2.24) is 20.2 Å². The first kappa shape index (κ1) is 28.9. The van der Waals surface area contributed by atoms with Crippen molar-refractivity contribution < 1.29 is 23.4 Å². The highest BCUT2D eigenvalue weighted by Gasteiger charge is 2.50. The van der Waals surface area contributed by atoms with E-state index in [9.17, 15) is 14.3 Å². The van der Waals surface area contributed by atoms with Crippen LogP contribution in [-0.2, 0) is 13.0 Å². The molecule has 0 bridgehead atoms. The molecular weight excluding hydrogens is 578 g/mol. The van der Waals surface area contributed by atoms with E-state index in [4.69, 9.17) is 14.7 Å². The van der Waals surface area contributed by atoms with Gasteiger partial charge in [0, 0.05) is 43.0 Å². The number of phenols is 1. The Morgan fingerprint density at radius 1 is 1.13 bits per heavy atom. The number of anilines is 2. The van der Waals surface area contributed by atoms with Crippen LogP contribution < -0.4 is 19.9 Å². The van der Waals surface area contributed by atoms with Crippen LogP contribution in [0, 0.1) is 5.82 Å². The topological polar surface area (TPSA) is 94.1 Å². The quantitative estimate of drug-likeness (QED) is 0.404. The molecule has 1 unspecified atom stereocenters. The maximum absolute atomic E-state index is 15.0. The number of ether oxygens (including phenoxy) is 1. The number of carbonyl (C=O) groups excluding carboxylic acids is 1. The predicted octanol–water partition coefficient (Wildman–Crippen LogP) is 4.87. The van der Waals surface area contributed by atoms with E-state index in [1.54, 1.807) is 17.0 Å². The van der Waals surface area contributed by atoms with Crippen LogP contribution in [0.25, 0.3) is 10.8 Å². The minimum Gasteiger partial charge on any atom is -0.508 e. The Balaban J connectivity index is 1.20. The van der Waals surface area contributed by atoms with Gasteiger partial charge in [-0.05, 0) is 81.1 Å². The van der Waals surface area contributed by atoms with Crippen molar-refractivity contribution in [3.05, 3.63) is 46.9 Å². The number of hydrogen-bond acceptors (Lipinski definition) is 8. The number of aromatic hydroxyl groups is 1. The van der Waals surface area contributed by atoms with Gasteiger partial charge >= 0.3 is 6.01 Å². The number of benzene rings is 2. The summed E-state index contributed by atoms with van der Waals surface area (Å²) in [6, 6.07) is 6.37. The average molecular weight is 619 g/mol. The Bertz CT molecular complexity index is 1680. The summed E-state index contributed by atoms with van der Waals surface area (Å²) in [6.07, 6.45) is 6.12. The van der Waals surface area contributed by atoms with Gasteiger partial charge in [0.05, 0.1) is 23.5 Å². The standard InChI is InChI=1S/C34H40F2N6O3/c1-2-24-25(36)7-6-21-14-23(43)15-27(28(21)24)42-18-26-29(31(42)44)30(40-12-4-9-33(19-40)8-3-11-37-33)39-32(38-26)45-20-34-10-5-13-41(34)17-22(35)16-34/h6-7,14-15,22,37,43H,2-5,8-13,16-20H2,1H3/t22-,33?,34+/m1/s1. The molecule has 4 saturated heterocycles. The van der Waals surface area contributed by atoms with E-state index in [0.29, 0.717) is 65.1 Å². The Labute approximate surface area is 261 Å². The van der Waals surface area contributed by atoms with Crippen LogP contribution in [0.4, 0.5) is 20.3 Å². The van der Waals surface area contributed by atoms with Crippen molar-refractivity contribution in [3.63, 3.8) is 0 Å². The van der Waals surface area contributed by atoms with E-state index in [0.717, 1.165) is 64.7 Å². The summed E-state index contributed by atoms with van der Waals surface area (Å²) in [4.78, 5) is 30.1. The van der Waals surface area contributed by atoms with Crippen LogP contribution in [0.2, 0.25) is 0 Å². The van der Waals surface area contributed by atoms with E-state index >= 15 is 4.39 Å². The Morgan fingerprint density at radius 2 is 1.98 bits per heavy atom. The lowest BCUT2D eigenvalue weighted by molar-refractivity contribution is 0.0995. The number of aryl methyl sites for hydroxylation is 1. The molecule has 8 rings (SSSR count). The molecule has 0 saturated carbocycles. The number of nitrogens with zero attached hydrogens (tertiary/aromatic N) is 5. The number of piperidine rings is 1. The highest BCUT2D eigenvalue weighted by Crippen LogP contribution is 2.43. The summed E-state index contributed by atoms with van der Waals surface area (Å²) in [5, 5.41) is 15.7. The van der Waals surface area contributed by atoms with Crippen molar-refractivity contribution in [3.8, 4) is 11.8 Å². The second-order valence-corrected chi connectivity index (χ2v) is 13.7. The Hall–Kier alpha value is -3.57. The summed E-state index contributed by atoms with van der Waals surface area (Å²) in [5.41, 5.74) is 1.54. The van der Waals surface area contributed by atoms with Gasteiger partial charge in [0.15, 0.2) is 0 Å². The number of fused-ring (bicyclic) bond motifs is 3. The summed E-state index contributed by atoms with van der Waals surface area (Å²) >= 11 is 0. The molecule has 238 valence electrons. The number of aromatic nitrogens is 2. The lowest BCUT2D eigenvalue weighted by Gasteiger charge is -2.41. The SMILES string of the molecule is CCc1c(F)ccc2cc(O)cc(N3Cc4nc(OC[C@@]56CCCN5C[C@H](F)C6)nc(N5CCCC6(CCCN6)C5)c4C3=O)c12. The molecule has 0 radical (unpaired) electrons. The number of carbonyl (C=O) groups is 1. The van der Waals surface area contributed by atoms with Crippen molar-refractivity contribution in [2.75, 3.05) is 49.1 Å². The third-order valence-electron chi connectivity index (χ3n) is 10.9. The molecule has 3 atom stereocenters. The van der Waals surface area contributed by atoms with E-state index < -0.39 is 6.17 Å². The van der Waals surface area contributed by atoms with E-state index in [-0.39, 0.29) is 41.1 Å². The molecule has 3 aromatic rings. The third-order valence-corrected chi connectivity index (χ3v) is 10.9. The van der Waals surface area contributed by atoms with E-state index in [1.807, 2.05) is 6.92 Å². The minimum absolute atomic E-state index is 0.00127. The second-order valence-electron chi connectivity index (χ2n) is 13.7. The monoisotopic (exact) mass is 618 g/mol. The molecule has 9 nitrogen and oxygen atoms in total. The zero-order chi connectivity index (χ0) is 30.9. The Kier molecular flexibility index (Phi) is 6.90. The predicted molar refractivity (Wildman–Crippen MR) is 167 cm³/mol. The summed E-state index contributed by atoms with van der Waals surface area (Å²) in [7, 11) is 0. The van der Waals surface area contributed by atoms with Crippen LogP contribution in [0.1, 0.15) is 73.5 Å². The van der Waals surface area contributed by atoms with Crippen molar-refractivity contribution in [2.45, 2.75) is 82.1 Å². The van der Waals surface area contributed by atoms with Crippen LogP contribution in [0.5, 0.6) is 11.8 Å². The van der Waals surface area contributed by atoms with Crippen LogP contribution in [0.15, 0.2) is 24.3 Å². The van der Waals surface area contributed by atoms with Crippen LogP contribution >= 0.6 is 0 Å². The van der Waals surface area contributed by atoms with Gasteiger partial charge in [0.25, 0.3) is 5.91 Å². The lowest BCUT2D eigenvalue weighted by atomic mass is 9.87. The fourth-order valence-corrected chi connectivity index (χ4v) is 8.86. The van der Waals surface area contributed by atoms with E-state index in [1.165, 1.54) is 12.1 Å². The number of hydrogen-bond donors (Lipinski definition) is 2. The fraction of sp³-hybridized carbons (Fsp3) is 0.559. The van der Waals surface area contributed by atoms with Crippen molar-refractivity contribution in [2.24, 2.45) is 0 Å². The number of amides is 1. The molecule has 1 amide bonds.